The van der Waals surface area contributed by atoms with Crippen molar-refractivity contribution in [3.05, 3.63) is 152 Å². The van der Waals surface area contributed by atoms with Crippen LogP contribution in [0.4, 0.5) is 11.9 Å². The first-order valence-corrected chi connectivity index (χ1v) is 23.9. The van der Waals surface area contributed by atoms with E-state index in [0.29, 0.717) is 121 Å². The van der Waals surface area contributed by atoms with E-state index in [2.05, 4.69) is 61.6 Å². The second-order valence-electron chi connectivity index (χ2n) is 18.7. The number of ether oxygens (including phenoxy) is 4. The van der Waals surface area contributed by atoms with Gasteiger partial charge in [0, 0.05) is 44.4 Å². The van der Waals surface area contributed by atoms with E-state index in [1.165, 1.54) is 32.5 Å². The molecule has 2 fully saturated rings. The average molecular weight is 962 g/mol. The molecule has 0 bridgehead atoms. The minimum atomic E-state index is -0.828. The zero-order valence-electron chi connectivity index (χ0n) is 40.5. The van der Waals surface area contributed by atoms with Gasteiger partial charge in [0.25, 0.3) is 11.1 Å². The molecular weight excluding hydrogens is 903 g/mol. The molecule has 4 N–H and O–H groups in total. The van der Waals surface area contributed by atoms with Crippen LogP contribution in [0.1, 0.15) is 47.9 Å². The van der Waals surface area contributed by atoms with E-state index >= 15 is 0 Å². The molecule has 1 amide bonds. The van der Waals surface area contributed by atoms with Gasteiger partial charge in [-0.2, -0.15) is 0 Å². The number of fused-ring (bicyclic) bond motifs is 3. The normalized spacial score (nSPS) is 16.1. The zero-order chi connectivity index (χ0) is 49.7. The summed E-state index contributed by atoms with van der Waals surface area (Å²) in [6, 6.07) is 35.1. The van der Waals surface area contributed by atoms with Gasteiger partial charge in [-0.25, -0.2) is 9.97 Å². The second kappa shape index (κ2) is 20.6. The highest BCUT2D eigenvalue weighted by molar-refractivity contribution is 5.85. The first kappa shape index (κ1) is 48.2. The van der Waals surface area contributed by atoms with Crippen LogP contribution in [0.3, 0.4) is 0 Å². The van der Waals surface area contributed by atoms with Crippen LogP contribution in [-0.4, -0.2) is 97.6 Å². The molecule has 4 heterocycles. The first-order chi connectivity index (χ1) is 34.4. The summed E-state index contributed by atoms with van der Waals surface area (Å²) in [5.41, 5.74) is 3.95. The Bertz CT molecular complexity index is 3140. The highest BCUT2D eigenvalue weighted by Gasteiger charge is 2.44. The van der Waals surface area contributed by atoms with Gasteiger partial charge in [0.05, 0.1) is 61.1 Å². The molecule has 16 heteroatoms. The Balaban J connectivity index is 0.000000182. The number of aromatic amines is 2. The van der Waals surface area contributed by atoms with E-state index in [1.54, 1.807) is 31.4 Å². The average Bonchev–Trinajstić information content (AvgIpc) is 3.81. The molecule has 7 aromatic rings. The van der Waals surface area contributed by atoms with Crippen molar-refractivity contribution in [1.29, 1.82) is 0 Å². The first-order valence-electron chi connectivity index (χ1n) is 23.9. The SMILES string of the molecule is COc1cc2nc(N3CCC(Cc4ccccc4)(C(=O)NC4Cc5ccccc5C4)CC3)[nH]c(=O)c2cc1OC.COc1cc2nc(N3CCC(Cc4ccccc4)(C(=O)O)CC3)[nH]c(=O)c2cc1OC. The van der Waals surface area contributed by atoms with Gasteiger partial charge in [-0.3, -0.25) is 29.1 Å². The van der Waals surface area contributed by atoms with E-state index in [1.807, 2.05) is 53.4 Å². The van der Waals surface area contributed by atoms with Gasteiger partial charge >= 0.3 is 5.97 Å². The minimum absolute atomic E-state index is 0.112. The number of anilines is 2. The Morgan fingerprint density at radius 3 is 1.38 bits per heavy atom. The third-order valence-electron chi connectivity index (χ3n) is 14.5. The standard InChI is InChI=1S/C32H34N4O4.C23H25N3O5/c1-39-27-18-25-26(19-28(27)40-2)34-31(35-29(25)37)36-14-12-32(13-15-36,20-21-8-4-3-5-9-21)30(38)33-24-16-22-10-6-7-11-23(22)17-24;1-30-18-12-16-17(13-19(18)31-2)24-22(25-20(16)27)26-10-8-23(9-11-26,21(28)29)14-15-6-4-3-5-7-15/h3-11,18-19,24H,12-17,20H2,1-2H3,(H,33,38)(H,34,35,37);3-7,12-13H,8-11,14H2,1-2H3,(H,28,29)(H,24,25,27). The smallest absolute Gasteiger partial charge is 0.310 e. The van der Waals surface area contributed by atoms with Crippen molar-refractivity contribution in [2.24, 2.45) is 10.8 Å². The summed E-state index contributed by atoms with van der Waals surface area (Å²) in [5, 5.41) is 14.2. The molecule has 2 saturated heterocycles. The lowest BCUT2D eigenvalue weighted by Crippen LogP contribution is -2.52. The number of nitrogens with one attached hydrogen (secondary N) is 3. The van der Waals surface area contributed by atoms with Crippen LogP contribution in [0.2, 0.25) is 0 Å². The maximum Gasteiger partial charge on any atom is 0.310 e. The lowest BCUT2D eigenvalue weighted by atomic mass is 9.72. The number of piperidine rings is 2. The number of carbonyl (C=O) groups is 2. The van der Waals surface area contributed by atoms with E-state index in [4.69, 9.17) is 23.9 Å². The number of aromatic nitrogens is 4. The summed E-state index contributed by atoms with van der Waals surface area (Å²) in [5.74, 6) is 2.22. The molecule has 3 aliphatic rings. The van der Waals surface area contributed by atoms with Crippen molar-refractivity contribution in [2.75, 3.05) is 64.4 Å². The van der Waals surface area contributed by atoms with Gasteiger partial charge in [0.2, 0.25) is 17.8 Å². The van der Waals surface area contributed by atoms with Crippen LogP contribution in [0, 0.1) is 10.8 Å². The molecule has 1 aliphatic carbocycles. The second-order valence-corrected chi connectivity index (χ2v) is 18.7. The number of methoxy groups -OCH3 is 4. The lowest BCUT2D eigenvalue weighted by molar-refractivity contribution is -0.150. The monoisotopic (exact) mass is 961 g/mol. The van der Waals surface area contributed by atoms with Crippen molar-refractivity contribution in [3.8, 4) is 23.0 Å². The van der Waals surface area contributed by atoms with Crippen molar-refractivity contribution in [1.82, 2.24) is 25.3 Å². The number of carboxylic acid groups (broad SMARTS) is 1. The molecule has 16 nitrogen and oxygen atoms in total. The Hall–Kier alpha value is -7.88. The molecule has 2 aromatic heterocycles. The molecule has 0 spiro atoms. The third-order valence-corrected chi connectivity index (χ3v) is 14.5. The fraction of sp³-hybridized carbons (Fsp3) is 0.345. The number of H-pyrrole nitrogens is 2. The van der Waals surface area contributed by atoms with E-state index in [0.717, 1.165) is 24.0 Å². The molecule has 368 valence electrons. The lowest BCUT2D eigenvalue weighted by Gasteiger charge is -2.41. The van der Waals surface area contributed by atoms with Crippen molar-refractivity contribution < 1.29 is 33.6 Å². The number of amides is 1. The van der Waals surface area contributed by atoms with Crippen LogP contribution in [0.15, 0.2) is 119 Å². The zero-order valence-corrected chi connectivity index (χ0v) is 40.5. The van der Waals surface area contributed by atoms with Gasteiger partial charge in [-0.1, -0.05) is 84.9 Å². The van der Waals surface area contributed by atoms with Crippen molar-refractivity contribution in [3.63, 3.8) is 0 Å². The van der Waals surface area contributed by atoms with Gasteiger partial charge in [0.1, 0.15) is 0 Å². The van der Waals surface area contributed by atoms with Crippen LogP contribution < -0.4 is 45.2 Å². The van der Waals surface area contributed by atoms with Crippen LogP contribution in [0.25, 0.3) is 21.8 Å². The van der Waals surface area contributed by atoms with Gasteiger partial charge in [-0.15, -0.1) is 0 Å². The number of nitrogens with zero attached hydrogens (tertiary/aromatic N) is 4. The summed E-state index contributed by atoms with van der Waals surface area (Å²) in [7, 11) is 6.14. The largest absolute Gasteiger partial charge is 0.493 e. The molecule has 0 saturated carbocycles. The van der Waals surface area contributed by atoms with Crippen LogP contribution in [-0.2, 0) is 35.3 Å². The Morgan fingerprint density at radius 1 is 0.592 bits per heavy atom. The summed E-state index contributed by atoms with van der Waals surface area (Å²) < 4.78 is 21.4. The van der Waals surface area contributed by atoms with E-state index in [-0.39, 0.29) is 23.1 Å². The maximum atomic E-state index is 14.0. The van der Waals surface area contributed by atoms with Gasteiger partial charge in [-0.05, 0) is 85.8 Å². The van der Waals surface area contributed by atoms with Crippen LogP contribution >= 0.6 is 0 Å². The molecule has 0 unspecified atom stereocenters. The summed E-state index contributed by atoms with van der Waals surface area (Å²) in [6.45, 7) is 2.18. The molecule has 5 aromatic carbocycles. The van der Waals surface area contributed by atoms with E-state index in [9.17, 15) is 24.3 Å². The van der Waals surface area contributed by atoms with Gasteiger partial charge in [0.15, 0.2) is 23.0 Å². The highest BCUT2D eigenvalue weighted by Crippen LogP contribution is 2.40. The summed E-state index contributed by atoms with van der Waals surface area (Å²) in [6.07, 6.45) is 5.12. The Kier molecular flexibility index (Phi) is 14.0. The molecule has 10 rings (SSSR count). The summed E-state index contributed by atoms with van der Waals surface area (Å²) >= 11 is 0. The molecule has 0 atom stereocenters. The van der Waals surface area contributed by atoms with Crippen LogP contribution in [0.5, 0.6) is 23.0 Å². The fourth-order valence-corrected chi connectivity index (χ4v) is 10.4. The topological polar surface area (TPSA) is 201 Å². The number of aliphatic carboxylic acids is 1. The molecule has 71 heavy (non-hydrogen) atoms. The van der Waals surface area contributed by atoms with E-state index < -0.39 is 16.8 Å². The number of carbonyl (C=O) groups excluding carboxylic acids is 1. The van der Waals surface area contributed by atoms with Gasteiger partial charge < -0.3 is 39.2 Å². The maximum absolute atomic E-state index is 14.0. The quantitative estimate of drug-likeness (QED) is 0.0931. The number of benzene rings is 5. The van der Waals surface area contributed by atoms with Crippen molar-refractivity contribution in [2.45, 2.75) is 57.4 Å². The third kappa shape index (κ3) is 10.1. The molecular formula is C55H59N7O9. The Morgan fingerprint density at radius 2 is 0.972 bits per heavy atom. The number of carboxylic acids is 1. The molecule has 0 radical (unpaired) electrons. The fourth-order valence-electron chi connectivity index (χ4n) is 10.4. The number of rotatable bonds is 13. The number of hydrogen-bond acceptors (Lipinski definition) is 12. The van der Waals surface area contributed by atoms with Crippen molar-refractivity contribution >= 4 is 45.6 Å². The predicted molar refractivity (Wildman–Crippen MR) is 272 cm³/mol. The Labute approximate surface area is 411 Å². The number of hydrogen-bond donors (Lipinski definition) is 4. The predicted octanol–water partition coefficient (Wildman–Crippen LogP) is 6.91. The summed E-state index contributed by atoms with van der Waals surface area (Å²) in [4.78, 5) is 71.0. The minimum Gasteiger partial charge on any atom is -0.493 e. The molecule has 2 aliphatic heterocycles. The highest BCUT2D eigenvalue weighted by atomic mass is 16.5.